The number of rotatable bonds is 6. The number of nitrogens with one attached hydrogen (secondary N) is 1. The fraction of sp³-hybridized carbons (Fsp3) is 0.875. The van der Waals surface area contributed by atoms with E-state index in [9.17, 15) is 18.0 Å². The molecular weight excluding hydrogens is 235 g/mol. The zero-order chi connectivity index (χ0) is 11.9. The lowest BCUT2D eigenvalue weighted by Gasteiger charge is -2.11. The van der Waals surface area contributed by atoms with E-state index in [2.05, 4.69) is 10.1 Å². The van der Waals surface area contributed by atoms with Crippen molar-refractivity contribution in [3.8, 4) is 0 Å². The van der Waals surface area contributed by atoms with Gasteiger partial charge >= 0.3 is 6.18 Å². The maximum atomic E-state index is 11.6. The van der Waals surface area contributed by atoms with E-state index in [0.717, 1.165) is 0 Å². The van der Waals surface area contributed by atoms with Crippen LogP contribution in [0.3, 0.4) is 0 Å². The van der Waals surface area contributed by atoms with Gasteiger partial charge in [0, 0.05) is 18.3 Å². The van der Waals surface area contributed by atoms with Gasteiger partial charge in [-0.25, -0.2) is 0 Å². The van der Waals surface area contributed by atoms with Crippen molar-refractivity contribution in [1.29, 1.82) is 0 Å². The summed E-state index contributed by atoms with van der Waals surface area (Å²) in [7, 11) is 0. The first kappa shape index (κ1) is 14.5. The molecule has 0 aliphatic heterocycles. The fourth-order valence-electron chi connectivity index (χ4n) is 0.738. The Hall–Kier alpha value is -0.490. The second kappa shape index (κ2) is 6.90. The van der Waals surface area contributed by atoms with E-state index in [1.165, 1.54) is 0 Å². The molecule has 7 heteroatoms. The number of carbonyl (C=O) groups excluding carboxylic acids is 1. The quantitative estimate of drug-likeness (QED) is 0.573. The normalized spacial score (nSPS) is 13.7. The Labute approximate surface area is 90.9 Å². The first-order valence-electron chi connectivity index (χ1n) is 4.35. The average Bonchev–Trinajstić information content (AvgIpc) is 2.11. The van der Waals surface area contributed by atoms with Crippen molar-refractivity contribution in [2.45, 2.75) is 25.6 Å². The summed E-state index contributed by atoms with van der Waals surface area (Å²) < 4.78 is 39.1. The van der Waals surface area contributed by atoms with Gasteiger partial charge in [-0.1, -0.05) is 0 Å². The van der Waals surface area contributed by atoms with Crippen LogP contribution in [0.1, 0.15) is 13.3 Å². The van der Waals surface area contributed by atoms with Gasteiger partial charge in [0.15, 0.2) is 0 Å². The van der Waals surface area contributed by atoms with Crippen molar-refractivity contribution in [3.63, 3.8) is 0 Å². The lowest BCUT2D eigenvalue weighted by atomic mass is 10.3. The van der Waals surface area contributed by atoms with Crippen LogP contribution in [0.2, 0.25) is 0 Å². The highest BCUT2D eigenvalue weighted by atomic mass is 35.5. The van der Waals surface area contributed by atoms with Gasteiger partial charge < -0.3 is 10.1 Å². The highest BCUT2D eigenvalue weighted by Crippen LogP contribution is 2.14. The number of amides is 1. The van der Waals surface area contributed by atoms with Crippen molar-refractivity contribution in [1.82, 2.24) is 5.32 Å². The Morgan fingerprint density at radius 2 is 2.13 bits per heavy atom. The molecule has 0 aromatic heterocycles. The monoisotopic (exact) mass is 247 g/mol. The molecule has 0 spiro atoms. The summed E-state index contributed by atoms with van der Waals surface area (Å²) >= 11 is 5.42. The number of halogens is 4. The zero-order valence-corrected chi connectivity index (χ0v) is 8.99. The van der Waals surface area contributed by atoms with Crippen LogP contribution in [0.15, 0.2) is 0 Å². The molecule has 0 aliphatic rings. The van der Waals surface area contributed by atoms with E-state index in [-0.39, 0.29) is 30.9 Å². The van der Waals surface area contributed by atoms with Crippen LogP contribution in [0.25, 0.3) is 0 Å². The van der Waals surface area contributed by atoms with E-state index in [4.69, 9.17) is 11.6 Å². The first-order valence-corrected chi connectivity index (χ1v) is 4.88. The van der Waals surface area contributed by atoms with Crippen LogP contribution in [-0.2, 0) is 9.53 Å². The minimum absolute atomic E-state index is 0.0999. The Kier molecular flexibility index (Phi) is 6.67. The van der Waals surface area contributed by atoms with E-state index >= 15 is 0 Å². The van der Waals surface area contributed by atoms with Crippen LogP contribution >= 0.6 is 11.6 Å². The minimum atomic E-state index is -4.35. The predicted molar refractivity (Wildman–Crippen MR) is 49.8 cm³/mol. The smallest absolute Gasteiger partial charge is 0.372 e. The molecule has 0 saturated carbocycles. The summed E-state index contributed by atoms with van der Waals surface area (Å²) in [5.74, 6) is -0.111. The van der Waals surface area contributed by atoms with Gasteiger partial charge in [0.1, 0.15) is 6.61 Å². The van der Waals surface area contributed by atoms with Gasteiger partial charge in [-0.2, -0.15) is 13.2 Å². The van der Waals surface area contributed by atoms with E-state index < -0.39 is 12.8 Å². The molecule has 0 fully saturated rings. The minimum Gasteiger partial charge on any atom is -0.372 e. The maximum Gasteiger partial charge on any atom is 0.411 e. The molecule has 15 heavy (non-hydrogen) atoms. The molecular formula is C8H13ClF3NO2. The molecule has 0 saturated heterocycles. The molecule has 3 nitrogen and oxygen atoms in total. The van der Waals surface area contributed by atoms with Crippen LogP contribution in [0.5, 0.6) is 0 Å². The van der Waals surface area contributed by atoms with E-state index in [1.54, 1.807) is 6.92 Å². The molecule has 0 aliphatic carbocycles. The van der Waals surface area contributed by atoms with Crippen LogP contribution < -0.4 is 5.32 Å². The number of hydrogen-bond donors (Lipinski definition) is 1. The molecule has 0 heterocycles. The van der Waals surface area contributed by atoms with Gasteiger partial charge in [0.2, 0.25) is 5.91 Å². The topological polar surface area (TPSA) is 38.3 Å². The van der Waals surface area contributed by atoms with Crippen LogP contribution in [0, 0.1) is 0 Å². The summed E-state index contributed by atoms with van der Waals surface area (Å²) in [6.07, 6.45) is -4.45. The van der Waals surface area contributed by atoms with Gasteiger partial charge in [0.25, 0.3) is 0 Å². The third-order valence-electron chi connectivity index (χ3n) is 1.38. The molecule has 1 atom stereocenters. The molecule has 0 aromatic rings. The number of hydrogen-bond acceptors (Lipinski definition) is 2. The summed E-state index contributed by atoms with van der Waals surface area (Å²) in [5, 5.41) is 2.50. The highest BCUT2D eigenvalue weighted by Gasteiger charge is 2.27. The molecule has 0 rings (SSSR count). The second-order valence-corrected chi connectivity index (χ2v) is 3.35. The summed E-state index contributed by atoms with van der Waals surface area (Å²) in [5.41, 5.74) is 0. The molecule has 0 radical (unpaired) electrons. The van der Waals surface area contributed by atoms with Crippen LogP contribution in [0.4, 0.5) is 13.2 Å². The fourth-order valence-corrected chi connectivity index (χ4v) is 0.815. The van der Waals surface area contributed by atoms with Crippen LogP contribution in [-0.4, -0.2) is 37.2 Å². The van der Waals surface area contributed by atoms with Crippen molar-refractivity contribution < 1.29 is 22.7 Å². The van der Waals surface area contributed by atoms with E-state index in [0.29, 0.717) is 0 Å². The summed E-state index contributed by atoms with van der Waals surface area (Å²) in [4.78, 5) is 11.0. The summed E-state index contributed by atoms with van der Waals surface area (Å²) in [6.45, 7) is 0.118. The first-order chi connectivity index (χ1) is 6.85. The lowest BCUT2D eigenvalue weighted by molar-refractivity contribution is -0.174. The van der Waals surface area contributed by atoms with Gasteiger partial charge in [-0.05, 0) is 6.92 Å². The zero-order valence-electron chi connectivity index (χ0n) is 8.23. The molecule has 1 amide bonds. The highest BCUT2D eigenvalue weighted by molar-refractivity contribution is 6.18. The predicted octanol–water partition coefficient (Wildman–Crippen LogP) is 1.70. The summed E-state index contributed by atoms with van der Waals surface area (Å²) in [6, 6.07) is -0.193. The van der Waals surface area contributed by atoms with Gasteiger partial charge in [0.05, 0.1) is 6.61 Å². The Bertz CT molecular complexity index is 199. The lowest BCUT2D eigenvalue weighted by Crippen LogP contribution is -2.34. The average molecular weight is 248 g/mol. The Morgan fingerprint density at radius 1 is 1.53 bits per heavy atom. The third-order valence-corrected chi connectivity index (χ3v) is 1.84. The molecule has 90 valence electrons. The molecule has 0 bridgehead atoms. The van der Waals surface area contributed by atoms with E-state index in [1.807, 2.05) is 0 Å². The molecule has 0 aromatic carbocycles. The van der Waals surface area contributed by atoms with Crippen molar-refractivity contribution in [3.05, 3.63) is 0 Å². The largest absolute Gasteiger partial charge is 0.411 e. The number of carbonyl (C=O) groups is 1. The maximum absolute atomic E-state index is 11.6. The molecule has 1 unspecified atom stereocenters. The van der Waals surface area contributed by atoms with Crippen molar-refractivity contribution >= 4 is 17.5 Å². The molecule has 1 N–H and O–H groups in total. The Balaban J connectivity index is 3.48. The second-order valence-electron chi connectivity index (χ2n) is 3.04. The number of alkyl halides is 4. The SMILES string of the molecule is CC(CCl)NC(=O)CCOCC(F)(F)F. The standard InChI is InChI=1S/C8H13ClF3NO2/c1-6(4-9)13-7(14)2-3-15-5-8(10,11)12/h6H,2-5H2,1H3,(H,13,14). The van der Waals surface area contributed by atoms with Crippen molar-refractivity contribution in [2.24, 2.45) is 0 Å². The number of ether oxygens (including phenoxy) is 1. The van der Waals surface area contributed by atoms with Crippen molar-refractivity contribution in [2.75, 3.05) is 19.1 Å². The van der Waals surface area contributed by atoms with Gasteiger partial charge in [-0.3, -0.25) is 4.79 Å². The Morgan fingerprint density at radius 3 is 2.60 bits per heavy atom. The third kappa shape index (κ3) is 9.81. The van der Waals surface area contributed by atoms with Gasteiger partial charge in [-0.15, -0.1) is 11.6 Å².